The topological polar surface area (TPSA) is 84.9 Å². The smallest absolute Gasteiger partial charge is 0.318 e. The number of esters is 1. The molecule has 0 aromatic heterocycles. The van der Waals surface area contributed by atoms with E-state index in [4.69, 9.17) is 9.47 Å². The van der Waals surface area contributed by atoms with Gasteiger partial charge in [0.25, 0.3) is 0 Å². The van der Waals surface area contributed by atoms with E-state index in [9.17, 15) is 14.4 Å². The number of hydrogen-bond donors (Lipinski definition) is 1. The minimum atomic E-state index is -1.18. The molecule has 214 valence electrons. The van der Waals surface area contributed by atoms with Crippen molar-refractivity contribution in [2.45, 2.75) is 58.5 Å². The number of likely N-dealkylation sites (tertiary alicyclic amines) is 1. The molecular weight excluding hydrogens is 516 g/mol. The lowest BCUT2D eigenvalue weighted by atomic mass is 9.69. The van der Waals surface area contributed by atoms with Crippen LogP contribution in [0.25, 0.3) is 10.8 Å². The predicted octanol–water partition coefficient (Wildman–Crippen LogP) is 5.91. The third kappa shape index (κ3) is 5.71. The van der Waals surface area contributed by atoms with Crippen LogP contribution in [0, 0.1) is 11.3 Å². The molecule has 0 radical (unpaired) electrons. The summed E-state index contributed by atoms with van der Waals surface area (Å²) in [6, 6.07) is 21.6. The molecule has 1 aliphatic heterocycles. The zero-order valence-corrected chi connectivity index (χ0v) is 23.9. The standard InChI is InChI=1S/C34H38N2O5/c1-3-41-33(39)34-20-9-5-4-6-15-30(34)36(23-24-16-18-27(40-2)19-17-24)32(38)29(34)21-31(37)35-22-26-13-10-12-25-11-7-8-14-28(25)26/h7-8,10-19,29H,3-6,9,20-23H2,1-2H3,(H,35,37)/b30-15+/t29-,34+/m1/s1. The van der Waals surface area contributed by atoms with Gasteiger partial charge in [-0.05, 0) is 60.2 Å². The van der Waals surface area contributed by atoms with E-state index in [1.165, 1.54) is 0 Å². The van der Waals surface area contributed by atoms with Crippen LogP contribution in [0.3, 0.4) is 0 Å². The zero-order valence-electron chi connectivity index (χ0n) is 23.9. The minimum Gasteiger partial charge on any atom is -0.497 e. The summed E-state index contributed by atoms with van der Waals surface area (Å²) < 4.78 is 10.9. The number of amides is 2. The molecule has 0 saturated carbocycles. The molecule has 7 nitrogen and oxygen atoms in total. The highest BCUT2D eigenvalue weighted by atomic mass is 16.5. The molecule has 0 bridgehead atoms. The molecule has 2 amide bonds. The van der Waals surface area contributed by atoms with Crippen molar-refractivity contribution in [3.63, 3.8) is 0 Å². The van der Waals surface area contributed by atoms with Crippen LogP contribution in [0.4, 0.5) is 0 Å². The Hall–Kier alpha value is -4.13. The fourth-order valence-corrected chi connectivity index (χ4v) is 6.34. The van der Waals surface area contributed by atoms with Crippen LogP contribution in [0.2, 0.25) is 0 Å². The van der Waals surface area contributed by atoms with Crippen molar-refractivity contribution in [2.24, 2.45) is 11.3 Å². The van der Waals surface area contributed by atoms with Crippen molar-refractivity contribution in [1.29, 1.82) is 0 Å². The van der Waals surface area contributed by atoms with E-state index in [0.717, 1.165) is 53.3 Å². The summed E-state index contributed by atoms with van der Waals surface area (Å²) in [4.78, 5) is 43.2. The van der Waals surface area contributed by atoms with Gasteiger partial charge in [0.15, 0.2) is 0 Å². The number of carbonyl (C=O) groups excluding carboxylic acids is 3. The number of ether oxygens (including phenoxy) is 2. The average molecular weight is 555 g/mol. The van der Waals surface area contributed by atoms with E-state index in [-0.39, 0.29) is 24.8 Å². The maximum Gasteiger partial charge on any atom is 0.318 e. The number of benzene rings is 3. The van der Waals surface area contributed by atoms with Crippen LogP contribution in [0.5, 0.6) is 5.75 Å². The van der Waals surface area contributed by atoms with Gasteiger partial charge in [0.05, 0.1) is 26.2 Å². The fraction of sp³-hybridized carbons (Fsp3) is 0.382. The van der Waals surface area contributed by atoms with Gasteiger partial charge < -0.3 is 19.7 Å². The molecule has 0 spiro atoms. The molecule has 3 aromatic rings. The van der Waals surface area contributed by atoms with Gasteiger partial charge in [0.2, 0.25) is 11.8 Å². The Morgan fingerprint density at radius 2 is 1.78 bits per heavy atom. The lowest BCUT2D eigenvalue weighted by Crippen LogP contribution is -2.42. The predicted molar refractivity (Wildman–Crippen MR) is 158 cm³/mol. The monoisotopic (exact) mass is 554 g/mol. The molecule has 7 heteroatoms. The lowest BCUT2D eigenvalue weighted by molar-refractivity contribution is -0.158. The molecule has 1 heterocycles. The van der Waals surface area contributed by atoms with Crippen molar-refractivity contribution < 1.29 is 23.9 Å². The summed E-state index contributed by atoms with van der Waals surface area (Å²) in [6.07, 6.45) is 5.92. The molecular formula is C34H38N2O5. The summed E-state index contributed by atoms with van der Waals surface area (Å²) in [7, 11) is 1.61. The Balaban J connectivity index is 1.45. The third-order valence-electron chi connectivity index (χ3n) is 8.40. The first-order chi connectivity index (χ1) is 20.0. The maximum absolute atomic E-state index is 14.2. The second-order valence-electron chi connectivity index (χ2n) is 10.8. The van der Waals surface area contributed by atoms with Gasteiger partial charge in [0, 0.05) is 18.7 Å². The SMILES string of the molecule is CCOC(=O)[C@]12CCCCC/C=C\1N(Cc1ccc(OC)cc1)C(=O)[C@H]2CC(=O)NCc1cccc2ccccc12. The molecule has 1 N–H and O–H groups in total. The van der Waals surface area contributed by atoms with Crippen LogP contribution < -0.4 is 10.1 Å². The second kappa shape index (κ2) is 12.6. The summed E-state index contributed by atoms with van der Waals surface area (Å²) in [5, 5.41) is 5.21. The molecule has 41 heavy (non-hydrogen) atoms. The van der Waals surface area contributed by atoms with Crippen molar-refractivity contribution >= 4 is 28.6 Å². The third-order valence-corrected chi connectivity index (χ3v) is 8.40. The number of nitrogens with zero attached hydrogens (tertiary/aromatic N) is 1. The Morgan fingerprint density at radius 3 is 2.56 bits per heavy atom. The van der Waals surface area contributed by atoms with Gasteiger partial charge in [-0.3, -0.25) is 14.4 Å². The Bertz CT molecular complexity index is 1440. The quantitative estimate of drug-likeness (QED) is 0.333. The Labute approximate surface area is 241 Å². The van der Waals surface area contributed by atoms with E-state index in [0.29, 0.717) is 25.2 Å². The molecule has 0 unspecified atom stereocenters. The van der Waals surface area contributed by atoms with Gasteiger partial charge in [-0.1, -0.05) is 73.5 Å². The lowest BCUT2D eigenvalue weighted by Gasteiger charge is -2.34. The first-order valence-corrected chi connectivity index (χ1v) is 14.5. The molecule has 2 atom stereocenters. The summed E-state index contributed by atoms with van der Waals surface area (Å²) in [5.41, 5.74) is 1.42. The minimum absolute atomic E-state index is 0.0845. The Kier molecular flexibility index (Phi) is 8.72. The molecule has 2 aliphatic rings. The van der Waals surface area contributed by atoms with E-state index in [1.807, 2.05) is 72.8 Å². The van der Waals surface area contributed by atoms with Gasteiger partial charge >= 0.3 is 5.97 Å². The number of fused-ring (bicyclic) bond motifs is 2. The number of hydrogen-bond acceptors (Lipinski definition) is 5. The normalized spacial score (nSPS) is 21.8. The highest BCUT2D eigenvalue weighted by molar-refractivity contribution is 5.99. The number of nitrogens with one attached hydrogen (secondary N) is 1. The fourth-order valence-electron chi connectivity index (χ4n) is 6.34. The van der Waals surface area contributed by atoms with Crippen LogP contribution in [-0.2, 0) is 32.2 Å². The van der Waals surface area contributed by atoms with Gasteiger partial charge in [-0.25, -0.2) is 0 Å². The van der Waals surface area contributed by atoms with E-state index < -0.39 is 17.3 Å². The highest BCUT2D eigenvalue weighted by Gasteiger charge is 2.61. The van der Waals surface area contributed by atoms with Gasteiger partial charge in [-0.15, -0.1) is 0 Å². The van der Waals surface area contributed by atoms with Crippen LogP contribution in [0.15, 0.2) is 78.5 Å². The van der Waals surface area contributed by atoms with Crippen molar-refractivity contribution in [3.05, 3.63) is 89.6 Å². The van der Waals surface area contributed by atoms with Gasteiger partial charge in [-0.2, -0.15) is 0 Å². The first kappa shape index (κ1) is 28.4. The molecule has 1 aliphatic carbocycles. The van der Waals surface area contributed by atoms with Gasteiger partial charge in [0.1, 0.15) is 11.2 Å². The van der Waals surface area contributed by atoms with Crippen LogP contribution >= 0.6 is 0 Å². The molecule has 5 rings (SSSR count). The second-order valence-corrected chi connectivity index (χ2v) is 10.8. The number of rotatable bonds is 9. The number of methoxy groups -OCH3 is 1. The number of allylic oxidation sites excluding steroid dienone is 1. The van der Waals surface area contributed by atoms with E-state index in [2.05, 4.69) is 5.32 Å². The van der Waals surface area contributed by atoms with Crippen LogP contribution in [-0.4, -0.2) is 36.4 Å². The largest absolute Gasteiger partial charge is 0.497 e. The Morgan fingerprint density at radius 1 is 1.00 bits per heavy atom. The molecule has 3 aromatic carbocycles. The summed E-state index contributed by atoms with van der Waals surface area (Å²) in [5.74, 6) is -0.981. The van der Waals surface area contributed by atoms with Crippen molar-refractivity contribution in [1.82, 2.24) is 10.2 Å². The number of carbonyl (C=O) groups is 3. The van der Waals surface area contributed by atoms with Crippen LogP contribution in [0.1, 0.15) is 56.6 Å². The molecule has 1 saturated heterocycles. The van der Waals surface area contributed by atoms with Crippen molar-refractivity contribution in [3.8, 4) is 5.75 Å². The maximum atomic E-state index is 14.2. The zero-order chi connectivity index (χ0) is 28.8. The highest BCUT2D eigenvalue weighted by Crippen LogP contribution is 2.53. The average Bonchev–Trinajstić information content (AvgIpc) is 3.18. The summed E-state index contributed by atoms with van der Waals surface area (Å²) >= 11 is 0. The van der Waals surface area contributed by atoms with Crippen molar-refractivity contribution in [2.75, 3.05) is 13.7 Å². The first-order valence-electron chi connectivity index (χ1n) is 14.5. The van der Waals surface area contributed by atoms with E-state index >= 15 is 0 Å². The molecule has 1 fully saturated rings. The summed E-state index contributed by atoms with van der Waals surface area (Å²) in [6.45, 7) is 2.63. The van der Waals surface area contributed by atoms with E-state index in [1.54, 1.807) is 18.9 Å².